The Hall–Kier alpha value is -0.400. The summed E-state index contributed by atoms with van der Waals surface area (Å²) in [5.41, 5.74) is 0.831. The number of carbonyl (C=O) groups is 1. The maximum Gasteiger partial charge on any atom is 0.263 e. The van der Waals surface area contributed by atoms with Crippen LogP contribution in [0, 0.1) is 13.8 Å². The highest BCUT2D eigenvalue weighted by Gasteiger charge is 2.14. The summed E-state index contributed by atoms with van der Waals surface area (Å²) in [5.74, 6) is 0.00762. The standard InChI is InChI=1S/C12H20N4OS.2ClH/c1-9-11(18-10(2)15-9)12(17)14-5-8-16-6-3-13-4-7-16;;/h13H,3-8H2,1-2H3,(H,14,17);2*1H. The zero-order chi connectivity index (χ0) is 13.0. The minimum atomic E-state index is 0. The summed E-state index contributed by atoms with van der Waals surface area (Å²) >= 11 is 1.46. The lowest BCUT2D eigenvalue weighted by Crippen LogP contribution is -2.46. The number of nitrogens with one attached hydrogen (secondary N) is 2. The van der Waals surface area contributed by atoms with Gasteiger partial charge in [-0.3, -0.25) is 9.69 Å². The summed E-state index contributed by atoms with van der Waals surface area (Å²) in [7, 11) is 0. The van der Waals surface area contributed by atoms with Gasteiger partial charge in [0.1, 0.15) is 4.88 Å². The van der Waals surface area contributed by atoms with Crippen molar-refractivity contribution in [3.8, 4) is 0 Å². The van der Waals surface area contributed by atoms with Gasteiger partial charge in [0.25, 0.3) is 5.91 Å². The van der Waals surface area contributed by atoms with Crippen LogP contribution in [-0.4, -0.2) is 55.1 Å². The molecule has 0 atom stereocenters. The van der Waals surface area contributed by atoms with Crippen molar-refractivity contribution in [2.75, 3.05) is 39.3 Å². The molecule has 0 unspecified atom stereocenters. The molecule has 0 spiro atoms. The fourth-order valence-electron chi connectivity index (χ4n) is 2.08. The molecular weight excluding hydrogens is 319 g/mol. The Bertz CT molecular complexity index is 422. The van der Waals surface area contributed by atoms with Gasteiger partial charge in [-0.1, -0.05) is 0 Å². The lowest BCUT2D eigenvalue weighted by atomic mass is 10.3. The molecule has 1 aromatic heterocycles. The zero-order valence-electron chi connectivity index (χ0n) is 11.8. The van der Waals surface area contributed by atoms with Gasteiger partial charge in [0.05, 0.1) is 10.7 Å². The summed E-state index contributed by atoms with van der Waals surface area (Å²) in [4.78, 5) is 19.3. The molecule has 5 nitrogen and oxygen atoms in total. The number of halogens is 2. The van der Waals surface area contributed by atoms with E-state index >= 15 is 0 Å². The first kappa shape index (κ1) is 19.6. The van der Waals surface area contributed by atoms with Crippen LogP contribution in [0.2, 0.25) is 0 Å². The molecular formula is C12H22Cl2N4OS. The van der Waals surface area contributed by atoms with Crippen LogP contribution in [0.3, 0.4) is 0 Å². The van der Waals surface area contributed by atoms with Gasteiger partial charge in [0.2, 0.25) is 0 Å². The average molecular weight is 341 g/mol. The largest absolute Gasteiger partial charge is 0.350 e. The van der Waals surface area contributed by atoms with Gasteiger partial charge in [-0.25, -0.2) is 4.98 Å². The number of aromatic nitrogens is 1. The predicted molar refractivity (Wildman–Crippen MR) is 87.7 cm³/mol. The van der Waals surface area contributed by atoms with Crippen LogP contribution in [0.5, 0.6) is 0 Å². The number of hydrogen-bond acceptors (Lipinski definition) is 5. The van der Waals surface area contributed by atoms with E-state index in [1.54, 1.807) is 0 Å². The Labute approximate surface area is 136 Å². The molecule has 1 aromatic rings. The van der Waals surface area contributed by atoms with Crippen molar-refractivity contribution < 1.29 is 4.79 Å². The highest BCUT2D eigenvalue weighted by Crippen LogP contribution is 2.16. The summed E-state index contributed by atoms with van der Waals surface area (Å²) in [6.45, 7) is 9.65. The van der Waals surface area contributed by atoms with Gasteiger partial charge in [-0.05, 0) is 13.8 Å². The van der Waals surface area contributed by atoms with Crippen LogP contribution in [0.25, 0.3) is 0 Å². The van der Waals surface area contributed by atoms with Crippen molar-refractivity contribution in [2.24, 2.45) is 0 Å². The van der Waals surface area contributed by atoms with E-state index in [0.717, 1.165) is 48.3 Å². The topological polar surface area (TPSA) is 57.3 Å². The van der Waals surface area contributed by atoms with E-state index in [2.05, 4.69) is 20.5 Å². The molecule has 1 saturated heterocycles. The average Bonchev–Trinajstić information content (AvgIpc) is 2.70. The normalized spacial score (nSPS) is 15.1. The Morgan fingerprint density at radius 3 is 2.55 bits per heavy atom. The molecule has 1 aliphatic rings. The number of carbonyl (C=O) groups excluding carboxylic acids is 1. The first-order chi connectivity index (χ1) is 8.66. The Balaban J connectivity index is 0.00000180. The third-order valence-electron chi connectivity index (χ3n) is 3.03. The lowest BCUT2D eigenvalue weighted by Gasteiger charge is -2.27. The molecule has 2 heterocycles. The van der Waals surface area contributed by atoms with Crippen molar-refractivity contribution in [3.63, 3.8) is 0 Å². The maximum absolute atomic E-state index is 11.9. The van der Waals surface area contributed by atoms with Crippen molar-refractivity contribution in [1.29, 1.82) is 0 Å². The number of piperazine rings is 1. The first-order valence-corrected chi connectivity index (χ1v) is 7.14. The van der Waals surface area contributed by atoms with E-state index in [0.29, 0.717) is 6.54 Å². The monoisotopic (exact) mass is 340 g/mol. The minimum absolute atomic E-state index is 0. The number of rotatable bonds is 4. The first-order valence-electron chi connectivity index (χ1n) is 6.32. The van der Waals surface area contributed by atoms with Crippen LogP contribution in [0.4, 0.5) is 0 Å². The van der Waals surface area contributed by atoms with Crippen molar-refractivity contribution in [3.05, 3.63) is 15.6 Å². The molecule has 1 fully saturated rings. The second-order valence-electron chi connectivity index (χ2n) is 4.49. The van der Waals surface area contributed by atoms with Gasteiger partial charge < -0.3 is 10.6 Å². The van der Waals surface area contributed by atoms with E-state index in [-0.39, 0.29) is 30.7 Å². The van der Waals surface area contributed by atoms with Crippen LogP contribution in [0.1, 0.15) is 20.4 Å². The van der Waals surface area contributed by atoms with Gasteiger partial charge in [-0.15, -0.1) is 36.2 Å². The van der Waals surface area contributed by atoms with E-state index in [1.165, 1.54) is 11.3 Å². The Kier molecular flexibility index (Phi) is 9.33. The van der Waals surface area contributed by atoms with Crippen LogP contribution >= 0.6 is 36.2 Å². The second kappa shape index (κ2) is 9.52. The van der Waals surface area contributed by atoms with E-state index in [1.807, 2.05) is 13.8 Å². The molecule has 1 aliphatic heterocycles. The summed E-state index contributed by atoms with van der Waals surface area (Å²) in [6, 6.07) is 0. The van der Waals surface area contributed by atoms with E-state index in [9.17, 15) is 4.79 Å². The van der Waals surface area contributed by atoms with Crippen LogP contribution in [0.15, 0.2) is 0 Å². The van der Waals surface area contributed by atoms with E-state index < -0.39 is 0 Å². The molecule has 0 aliphatic carbocycles. The summed E-state index contributed by atoms with van der Waals surface area (Å²) in [5, 5.41) is 7.23. The quantitative estimate of drug-likeness (QED) is 0.865. The summed E-state index contributed by atoms with van der Waals surface area (Å²) < 4.78 is 0. The Morgan fingerprint density at radius 1 is 1.35 bits per heavy atom. The fourth-order valence-corrected chi connectivity index (χ4v) is 2.92. The molecule has 2 rings (SSSR count). The number of amides is 1. The third-order valence-corrected chi connectivity index (χ3v) is 4.10. The van der Waals surface area contributed by atoms with Gasteiger partial charge >= 0.3 is 0 Å². The third kappa shape index (κ3) is 5.54. The van der Waals surface area contributed by atoms with Gasteiger partial charge in [0.15, 0.2) is 0 Å². The molecule has 0 aromatic carbocycles. The van der Waals surface area contributed by atoms with Gasteiger partial charge in [-0.2, -0.15) is 0 Å². The number of nitrogens with zero attached hydrogens (tertiary/aromatic N) is 2. The summed E-state index contributed by atoms with van der Waals surface area (Å²) in [6.07, 6.45) is 0. The predicted octanol–water partition coefficient (Wildman–Crippen LogP) is 1.24. The number of aryl methyl sites for hydroxylation is 2. The minimum Gasteiger partial charge on any atom is -0.350 e. The lowest BCUT2D eigenvalue weighted by molar-refractivity contribution is 0.0950. The number of hydrogen-bond donors (Lipinski definition) is 2. The smallest absolute Gasteiger partial charge is 0.263 e. The highest BCUT2D eigenvalue weighted by atomic mass is 35.5. The molecule has 20 heavy (non-hydrogen) atoms. The molecule has 0 radical (unpaired) electrons. The zero-order valence-corrected chi connectivity index (χ0v) is 14.2. The molecule has 116 valence electrons. The molecule has 0 saturated carbocycles. The van der Waals surface area contributed by atoms with Gasteiger partial charge in [0, 0.05) is 39.3 Å². The SMILES string of the molecule is Cc1nc(C)c(C(=O)NCCN2CCNCC2)s1.Cl.Cl. The second-order valence-corrected chi connectivity index (χ2v) is 5.70. The maximum atomic E-state index is 11.9. The fraction of sp³-hybridized carbons (Fsp3) is 0.667. The highest BCUT2D eigenvalue weighted by molar-refractivity contribution is 7.13. The molecule has 2 N–H and O–H groups in total. The molecule has 8 heteroatoms. The number of thiazole rings is 1. The van der Waals surface area contributed by atoms with E-state index in [4.69, 9.17) is 0 Å². The molecule has 0 bridgehead atoms. The van der Waals surface area contributed by atoms with Crippen LogP contribution < -0.4 is 10.6 Å². The van der Waals surface area contributed by atoms with Crippen molar-refractivity contribution in [2.45, 2.75) is 13.8 Å². The molecule has 1 amide bonds. The van der Waals surface area contributed by atoms with Crippen molar-refractivity contribution >= 4 is 42.1 Å². The Morgan fingerprint density at radius 2 is 2.00 bits per heavy atom. The van der Waals surface area contributed by atoms with Crippen molar-refractivity contribution in [1.82, 2.24) is 20.5 Å². The van der Waals surface area contributed by atoms with Crippen LogP contribution in [-0.2, 0) is 0 Å².